The number of nitrogens with one attached hydrogen (secondary N) is 2. The van der Waals surface area contributed by atoms with Crippen LogP contribution in [0.25, 0.3) is 5.65 Å². The van der Waals surface area contributed by atoms with Gasteiger partial charge in [-0.1, -0.05) is 40.0 Å². The summed E-state index contributed by atoms with van der Waals surface area (Å²) in [5, 5.41) is 10.5. The lowest BCUT2D eigenvalue weighted by molar-refractivity contribution is 0.00529. The van der Waals surface area contributed by atoms with Crippen LogP contribution in [0.3, 0.4) is 0 Å². The number of rotatable bonds is 4. The highest BCUT2D eigenvalue weighted by Gasteiger charge is 2.31. The van der Waals surface area contributed by atoms with Gasteiger partial charge in [-0.2, -0.15) is 0 Å². The highest BCUT2D eigenvalue weighted by Crippen LogP contribution is 2.31. The Balaban J connectivity index is 1.72. The Labute approximate surface area is 165 Å². The molecule has 1 aliphatic carbocycles. The molecule has 0 amide bonds. The molecular formula is C20H32N6O2. The largest absolute Gasteiger partial charge is 0.379 e. The van der Waals surface area contributed by atoms with Gasteiger partial charge in [0.2, 0.25) is 5.65 Å². The molecule has 1 aliphatic heterocycles. The summed E-state index contributed by atoms with van der Waals surface area (Å²) >= 11 is 0. The molecule has 28 heavy (non-hydrogen) atoms. The zero-order valence-electron chi connectivity index (χ0n) is 17.2. The van der Waals surface area contributed by atoms with E-state index in [4.69, 9.17) is 9.72 Å². The lowest BCUT2D eigenvalue weighted by Gasteiger charge is -2.41. The van der Waals surface area contributed by atoms with Crippen LogP contribution in [0.1, 0.15) is 58.6 Å². The molecule has 0 radical (unpaired) electrons. The summed E-state index contributed by atoms with van der Waals surface area (Å²) in [6.45, 7) is 9.67. The monoisotopic (exact) mass is 388 g/mol. The number of H-pyrrole nitrogens is 1. The summed E-state index contributed by atoms with van der Waals surface area (Å²) in [5.74, 6) is 1.26. The summed E-state index contributed by atoms with van der Waals surface area (Å²) in [6.07, 6.45) is 8.30. The predicted molar refractivity (Wildman–Crippen MR) is 109 cm³/mol. The smallest absolute Gasteiger partial charge is 0.347 e. The van der Waals surface area contributed by atoms with Crippen LogP contribution in [0.5, 0.6) is 0 Å². The molecule has 4 rings (SSSR count). The molecule has 2 fully saturated rings. The molecule has 2 aromatic rings. The molecule has 2 aromatic heterocycles. The Morgan fingerprint density at radius 3 is 2.61 bits per heavy atom. The average Bonchev–Trinajstić information content (AvgIpc) is 3.08. The quantitative estimate of drug-likeness (QED) is 0.836. The van der Waals surface area contributed by atoms with Crippen molar-refractivity contribution in [2.75, 3.05) is 31.6 Å². The van der Waals surface area contributed by atoms with E-state index in [0.717, 1.165) is 32.0 Å². The Bertz CT molecular complexity index is 838. The maximum absolute atomic E-state index is 12.3. The number of nitrogens with zero attached hydrogens (tertiary/aromatic N) is 4. The van der Waals surface area contributed by atoms with Crippen molar-refractivity contribution < 1.29 is 4.74 Å². The van der Waals surface area contributed by atoms with Crippen molar-refractivity contribution in [2.45, 2.75) is 64.5 Å². The zero-order chi connectivity index (χ0) is 19.7. The van der Waals surface area contributed by atoms with Gasteiger partial charge in [-0.3, -0.25) is 4.90 Å². The normalized spacial score (nSPS) is 21.1. The lowest BCUT2D eigenvalue weighted by Crippen LogP contribution is -2.51. The third-order valence-electron chi connectivity index (χ3n) is 5.99. The van der Waals surface area contributed by atoms with Crippen LogP contribution < -0.4 is 11.0 Å². The van der Waals surface area contributed by atoms with Crippen LogP contribution in [0, 0.1) is 5.92 Å². The number of anilines is 1. The molecule has 1 saturated carbocycles. The van der Waals surface area contributed by atoms with Crippen molar-refractivity contribution in [1.29, 1.82) is 0 Å². The molecule has 154 valence electrons. The van der Waals surface area contributed by atoms with E-state index in [1.807, 2.05) is 0 Å². The number of aromatic nitrogens is 4. The molecular weight excluding hydrogens is 356 g/mol. The first-order chi connectivity index (χ1) is 13.4. The van der Waals surface area contributed by atoms with Crippen LogP contribution in [-0.2, 0) is 10.2 Å². The average molecular weight is 389 g/mol. The fourth-order valence-corrected chi connectivity index (χ4v) is 4.32. The molecule has 2 aliphatic rings. The molecule has 3 heterocycles. The Morgan fingerprint density at radius 1 is 1.21 bits per heavy atom. The first-order valence-electron chi connectivity index (χ1n) is 10.5. The second-order valence-corrected chi connectivity index (χ2v) is 9.08. The van der Waals surface area contributed by atoms with E-state index in [1.165, 1.54) is 32.1 Å². The first kappa shape index (κ1) is 19.4. The fourth-order valence-electron chi connectivity index (χ4n) is 4.32. The molecule has 0 spiro atoms. The van der Waals surface area contributed by atoms with E-state index in [1.54, 1.807) is 10.6 Å². The first-order valence-corrected chi connectivity index (χ1v) is 10.5. The maximum atomic E-state index is 12.3. The van der Waals surface area contributed by atoms with Gasteiger partial charge in [-0.05, 0) is 18.8 Å². The third-order valence-corrected chi connectivity index (χ3v) is 5.99. The molecule has 8 heteroatoms. The standard InChI is InChI=1S/C20H32N6O2/c1-20(2,3)15-13-26-18(23-24-19(26)27)16(21-15)22-17(14-7-5-4-6-8-14)25-9-11-28-12-10-25/h13-14,17H,4-12H2,1-3H3,(H,21,22)(H,24,27). The summed E-state index contributed by atoms with van der Waals surface area (Å²) in [6, 6.07) is 0. The van der Waals surface area contributed by atoms with E-state index < -0.39 is 0 Å². The molecule has 1 unspecified atom stereocenters. The van der Waals surface area contributed by atoms with E-state index in [0.29, 0.717) is 17.4 Å². The third kappa shape index (κ3) is 3.93. The minimum Gasteiger partial charge on any atom is -0.379 e. The minimum atomic E-state index is -0.230. The van der Waals surface area contributed by atoms with E-state index in [9.17, 15) is 4.79 Å². The van der Waals surface area contributed by atoms with Crippen molar-refractivity contribution in [3.8, 4) is 0 Å². The number of hydrogen-bond donors (Lipinski definition) is 2. The Kier molecular flexibility index (Phi) is 5.42. The van der Waals surface area contributed by atoms with Crippen LogP contribution in [0.2, 0.25) is 0 Å². The fraction of sp³-hybridized carbons (Fsp3) is 0.750. The Morgan fingerprint density at radius 2 is 1.93 bits per heavy atom. The van der Waals surface area contributed by atoms with Crippen molar-refractivity contribution >= 4 is 11.5 Å². The minimum absolute atomic E-state index is 0.166. The second kappa shape index (κ2) is 7.83. The van der Waals surface area contributed by atoms with E-state index in [2.05, 4.69) is 41.2 Å². The van der Waals surface area contributed by atoms with Crippen LogP contribution >= 0.6 is 0 Å². The van der Waals surface area contributed by atoms with Crippen LogP contribution in [0.15, 0.2) is 11.0 Å². The van der Waals surface area contributed by atoms with Crippen molar-refractivity contribution in [3.05, 3.63) is 22.4 Å². The molecule has 1 atom stereocenters. The second-order valence-electron chi connectivity index (χ2n) is 9.08. The van der Waals surface area contributed by atoms with Crippen molar-refractivity contribution in [3.63, 3.8) is 0 Å². The van der Waals surface area contributed by atoms with Crippen molar-refractivity contribution in [2.24, 2.45) is 5.92 Å². The molecule has 1 saturated heterocycles. The summed E-state index contributed by atoms with van der Waals surface area (Å²) < 4.78 is 7.15. The van der Waals surface area contributed by atoms with E-state index in [-0.39, 0.29) is 17.3 Å². The SMILES string of the molecule is CC(C)(C)c1cn2c(=O)[nH]nc2c(NC(C2CCCCC2)N2CCOCC2)n1. The summed E-state index contributed by atoms with van der Waals surface area (Å²) in [4.78, 5) is 19.6. The number of fused-ring (bicyclic) bond motifs is 1. The van der Waals surface area contributed by atoms with Gasteiger partial charge in [-0.25, -0.2) is 19.3 Å². The van der Waals surface area contributed by atoms with Gasteiger partial charge >= 0.3 is 5.69 Å². The molecule has 0 bridgehead atoms. The van der Waals surface area contributed by atoms with Gasteiger partial charge in [0.25, 0.3) is 0 Å². The van der Waals surface area contributed by atoms with Gasteiger partial charge < -0.3 is 10.1 Å². The van der Waals surface area contributed by atoms with Gasteiger partial charge in [0.1, 0.15) is 0 Å². The number of aromatic amines is 1. The maximum Gasteiger partial charge on any atom is 0.347 e. The van der Waals surface area contributed by atoms with Gasteiger partial charge in [0, 0.05) is 24.7 Å². The van der Waals surface area contributed by atoms with E-state index >= 15 is 0 Å². The van der Waals surface area contributed by atoms with Crippen LogP contribution in [0.4, 0.5) is 5.82 Å². The summed E-state index contributed by atoms with van der Waals surface area (Å²) in [5.41, 5.74) is 1.04. The highest BCUT2D eigenvalue weighted by atomic mass is 16.5. The zero-order valence-corrected chi connectivity index (χ0v) is 17.2. The lowest BCUT2D eigenvalue weighted by atomic mass is 9.86. The summed E-state index contributed by atoms with van der Waals surface area (Å²) in [7, 11) is 0. The Hall–Kier alpha value is -1.93. The van der Waals surface area contributed by atoms with Gasteiger partial charge in [0.05, 0.1) is 25.1 Å². The topological polar surface area (TPSA) is 87.5 Å². The number of hydrogen-bond acceptors (Lipinski definition) is 6. The number of morpholine rings is 1. The van der Waals surface area contributed by atoms with Gasteiger partial charge in [-0.15, -0.1) is 5.10 Å². The molecule has 8 nitrogen and oxygen atoms in total. The predicted octanol–water partition coefficient (Wildman–Crippen LogP) is 2.37. The molecule has 2 N–H and O–H groups in total. The highest BCUT2D eigenvalue weighted by molar-refractivity contribution is 5.62. The van der Waals surface area contributed by atoms with Crippen LogP contribution in [-0.4, -0.2) is 57.0 Å². The number of ether oxygens (including phenoxy) is 1. The molecule has 0 aromatic carbocycles. The van der Waals surface area contributed by atoms with Gasteiger partial charge in [0.15, 0.2) is 5.82 Å². The van der Waals surface area contributed by atoms with Crippen molar-refractivity contribution in [1.82, 2.24) is 24.5 Å².